The molecule has 0 saturated carbocycles. The summed E-state index contributed by atoms with van der Waals surface area (Å²) in [6, 6.07) is 8.61. The van der Waals surface area contributed by atoms with E-state index in [1.54, 1.807) is 11.3 Å². The van der Waals surface area contributed by atoms with Crippen molar-refractivity contribution in [2.45, 2.75) is 26.8 Å². The van der Waals surface area contributed by atoms with Crippen LogP contribution >= 0.6 is 22.9 Å². The van der Waals surface area contributed by atoms with Crippen molar-refractivity contribution in [2.75, 3.05) is 6.54 Å². The third-order valence-electron chi connectivity index (χ3n) is 3.11. The molecule has 0 aliphatic heterocycles. The first-order chi connectivity index (χ1) is 8.63. The molecule has 96 valence electrons. The Morgan fingerprint density at radius 2 is 2.11 bits per heavy atom. The van der Waals surface area contributed by atoms with Crippen LogP contribution in [-0.2, 0) is 0 Å². The molecule has 2 aromatic rings. The van der Waals surface area contributed by atoms with Gasteiger partial charge < -0.3 is 5.32 Å². The summed E-state index contributed by atoms with van der Waals surface area (Å²) in [4.78, 5) is 1.34. The molecule has 1 aromatic carbocycles. The highest BCUT2D eigenvalue weighted by Crippen LogP contribution is 2.30. The Balaban J connectivity index is 2.44. The Bertz CT molecular complexity index is 533. The first kappa shape index (κ1) is 13.6. The van der Waals surface area contributed by atoms with Gasteiger partial charge in [0.1, 0.15) is 0 Å². The molecule has 0 saturated heterocycles. The van der Waals surface area contributed by atoms with Crippen LogP contribution in [-0.4, -0.2) is 6.54 Å². The normalized spacial score (nSPS) is 12.7. The van der Waals surface area contributed by atoms with Crippen molar-refractivity contribution in [2.24, 2.45) is 0 Å². The zero-order chi connectivity index (χ0) is 13.1. The zero-order valence-corrected chi connectivity index (χ0v) is 12.5. The van der Waals surface area contributed by atoms with Crippen LogP contribution in [0, 0.1) is 13.8 Å². The molecule has 3 heteroatoms. The molecule has 0 amide bonds. The lowest BCUT2D eigenvalue weighted by atomic mass is 9.96. The predicted molar refractivity (Wildman–Crippen MR) is 80.8 cm³/mol. The van der Waals surface area contributed by atoms with Crippen molar-refractivity contribution in [1.82, 2.24) is 5.32 Å². The zero-order valence-electron chi connectivity index (χ0n) is 11.0. The maximum Gasteiger partial charge on any atom is 0.0588 e. The van der Waals surface area contributed by atoms with E-state index in [1.165, 1.54) is 16.0 Å². The lowest BCUT2D eigenvalue weighted by Crippen LogP contribution is -2.22. The molecule has 1 nitrogen and oxygen atoms in total. The van der Waals surface area contributed by atoms with Crippen LogP contribution in [0.25, 0.3) is 0 Å². The van der Waals surface area contributed by atoms with Gasteiger partial charge in [-0.2, -0.15) is 0 Å². The van der Waals surface area contributed by atoms with E-state index >= 15 is 0 Å². The fourth-order valence-electron chi connectivity index (χ4n) is 2.16. The minimum absolute atomic E-state index is 0.235. The standard InChI is InChI=1S/C15H18ClNS/c1-4-17-15(12-8-10(2)18-9-12)13-6-5-7-14(16)11(13)3/h5-9,15,17H,4H2,1-3H3. The smallest absolute Gasteiger partial charge is 0.0588 e. The van der Waals surface area contributed by atoms with Crippen molar-refractivity contribution in [3.05, 3.63) is 56.2 Å². The highest BCUT2D eigenvalue weighted by atomic mass is 35.5. The van der Waals surface area contributed by atoms with Gasteiger partial charge in [-0.15, -0.1) is 11.3 Å². The van der Waals surface area contributed by atoms with Gasteiger partial charge in [0.15, 0.2) is 0 Å². The lowest BCUT2D eigenvalue weighted by Gasteiger charge is -2.20. The first-order valence-electron chi connectivity index (χ1n) is 6.17. The molecule has 18 heavy (non-hydrogen) atoms. The van der Waals surface area contributed by atoms with Crippen molar-refractivity contribution in [3.8, 4) is 0 Å². The van der Waals surface area contributed by atoms with Gasteiger partial charge in [-0.3, -0.25) is 0 Å². The Kier molecular flexibility index (Phi) is 4.44. The first-order valence-corrected chi connectivity index (χ1v) is 7.42. The molecule has 1 heterocycles. The highest BCUT2D eigenvalue weighted by molar-refractivity contribution is 7.10. The van der Waals surface area contributed by atoms with Gasteiger partial charge >= 0.3 is 0 Å². The second kappa shape index (κ2) is 5.87. The van der Waals surface area contributed by atoms with Crippen LogP contribution in [0.2, 0.25) is 5.02 Å². The maximum atomic E-state index is 6.23. The molecule has 1 atom stereocenters. The third kappa shape index (κ3) is 2.77. The van der Waals surface area contributed by atoms with Crippen molar-refractivity contribution >= 4 is 22.9 Å². The van der Waals surface area contributed by atoms with E-state index < -0.39 is 0 Å². The van der Waals surface area contributed by atoms with Gasteiger partial charge in [0.05, 0.1) is 6.04 Å². The van der Waals surface area contributed by atoms with E-state index in [-0.39, 0.29) is 6.04 Å². The van der Waals surface area contributed by atoms with E-state index in [2.05, 4.69) is 43.6 Å². The highest BCUT2D eigenvalue weighted by Gasteiger charge is 2.17. The topological polar surface area (TPSA) is 12.0 Å². The molecular formula is C15H18ClNS. The molecule has 0 spiro atoms. The molecule has 0 aliphatic carbocycles. The molecule has 1 unspecified atom stereocenters. The maximum absolute atomic E-state index is 6.23. The summed E-state index contributed by atoms with van der Waals surface area (Å²) in [7, 11) is 0. The molecule has 1 aromatic heterocycles. The van der Waals surface area contributed by atoms with E-state index in [9.17, 15) is 0 Å². The fourth-order valence-corrected chi connectivity index (χ4v) is 3.08. The molecule has 0 radical (unpaired) electrons. The SMILES string of the molecule is CCNC(c1csc(C)c1)c1cccc(Cl)c1C. The van der Waals surface area contributed by atoms with Gasteiger partial charge in [-0.05, 0) is 54.6 Å². The molecule has 2 rings (SSSR count). The number of hydrogen-bond donors (Lipinski definition) is 1. The molecule has 1 N–H and O–H groups in total. The van der Waals surface area contributed by atoms with Gasteiger partial charge in [0, 0.05) is 9.90 Å². The van der Waals surface area contributed by atoms with Crippen LogP contribution in [0.3, 0.4) is 0 Å². The number of benzene rings is 1. The minimum atomic E-state index is 0.235. The lowest BCUT2D eigenvalue weighted by molar-refractivity contribution is 0.629. The van der Waals surface area contributed by atoms with Crippen molar-refractivity contribution in [1.29, 1.82) is 0 Å². The number of halogens is 1. The number of rotatable bonds is 4. The number of thiophene rings is 1. The largest absolute Gasteiger partial charge is 0.306 e. The minimum Gasteiger partial charge on any atom is -0.306 e. The monoisotopic (exact) mass is 279 g/mol. The van der Waals surface area contributed by atoms with E-state index in [0.717, 1.165) is 17.1 Å². The predicted octanol–water partition coefficient (Wildman–Crippen LogP) is 4.72. The molecule has 0 aliphatic rings. The van der Waals surface area contributed by atoms with Crippen LogP contribution in [0.5, 0.6) is 0 Å². The van der Waals surface area contributed by atoms with Crippen LogP contribution in [0.15, 0.2) is 29.6 Å². The second-order valence-electron chi connectivity index (χ2n) is 4.44. The van der Waals surface area contributed by atoms with E-state index in [4.69, 9.17) is 11.6 Å². The summed E-state index contributed by atoms with van der Waals surface area (Å²) in [6.45, 7) is 7.29. The fraction of sp³-hybridized carbons (Fsp3) is 0.333. The summed E-state index contributed by atoms with van der Waals surface area (Å²) >= 11 is 8.02. The molecular weight excluding hydrogens is 262 g/mol. The Labute approximate surface area is 118 Å². The van der Waals surface area contributed by atoms with Crippen LogP contribution in [0.1, 0.15) is 34.5 Å². The second-order valence-corrected chi connectivity index (χ2v) is 5.96. The van der Waals surface area contributed by atoms with Gasteiger partial charge in [0.25, 0.3) is 0 Å². The van der Waals surface area contributed by atoms with Gasteiger partial charge in [0.2, 0.25) is 0 Å². The van der Waals surface area contributed by atoms with Gasteiger partial charge in [-0.1, -0.05) is 30.7 Å². The summed E-state index contributed by atoms with van der Waals surface area (Å²) in [5, 5.41) is 6.61. The summed E-state index contributed by atoms with van der Waals surface area (Å²) in [5.41, 5.74) is 3.75. The average molecular weight is 280 g/mol. The number of nitrogens with one attached hydrogen (secondary N) is 1. The molecule has 0 fully saturated rings. The quantitative estimate of drug-likeness (QED) is 0.854. The Morgan fingerprint density at radius 1 is 1.33 bits per heavy atom. The van der Waals surface area contributed by atoms with Crippen LogP contribution in [0.4, 0.5) is 0 Å². The van der Waals surface area contributed by atoms with Gasteiger partial charge in [-0.25, -0.2) is 0 Å². The summed E-state index contributed by atoms with van der Waals surface area (Å²) in [5.74, 6) is 0. The van der Waals surface area contributed by atoms with Crippen molar-refractivity contribution < 1.29 is 0 Å². The van der Waals surface area contributed by atoms with Crippen molar-refractivity contribution in [3.63, 3.8) is 0 Å². The average Bonchev–Trinajstić information content (AvgIpc) is 2.77. The molecule has 0 bridgehead atoms. The van der Waals surface area contributed by atoms with E-state index in [0.29, 0.717) is 0 Å². The van der Waals surface area contributed by atoms with Crippen LogP contribution < -0.4 is 5.32 Å². The number of aryl methyl sites for hydroxylation is 1. The summed E-state index contributed by atoms with van der Waals surface area (Å²) in [6.07, 6.45) is 0. The Morgan fingerprint density at radius 3 is 2.72 bits per heavy atom. The third-order valence-corrected chi connectivity index (χ3v) is 4.40. The van der Waals surface area contributed by atoms with E-state index in [1.807, 2.05) is 12.1 Å². The Hall–Kier alpha value is -0.830. The number of hydrogen-bond acceptors (Lipinski definition) is 2. The summed E-state index contributed by atoms with van der Waals surface area (Å²) < 4.78 is 0.